The number of ketones is 1. The first-order valence-electron chi connectivity index (χ1n) is 6.35. The lowest BCUT2D eigenvalue weighted by Crippen LogP contribution is -2.10. The molecule has 0 aliphatic heterocycles. The van der Waals surface area contributed by atoms with E-state index in [1.165, 1.54) is 0 Å². The van der Waals surface area contributed by atoms with E-state index in [-0.39, 0.29) is 5.78 Å². The molecule has 0 saturated heterocycles. The molecule has 0 aliphatic rings. The average Bonchev–Trinajstić information content (AvgIpc) is 2.81. The number of hydrogen-bond acceptors (Lipinski definition) is 3. The summed E-state index contributed by atoms with van der Waals surface area (Å²) >= 11 is 0. The van der Waals surface area contributed by atoms with Crippen molar-refractivity contribution in [3.05, 3.63) is 47.8 Å². The Morgan fingerprint density at radius 1 is 1.32 bits per heavy atom. The van der Waals surface area contributed by atoms with Crippen LogP contribution in [0.3, 0.4) is 0 Å². The molecule has 0 N–H and O–H groups in total. The normalized spacial score (nSPS) is 10.5. The Morgan fingerprint density at radius 3 is 2.74 bits per heavy atom. The quantitative estimate of drug-likeness (QED) is 0.771. The van der Waals surface area contributed by atoms with Gasteiger partial charge in [0.1, 0.15) is 0 Å². The van der Waals surface area contributed by atoms with Gasteiger partial charge in [0.2, 0.25) is 0 Å². The lowest BCUT2D eigenvalue weighted by molar-refractivity contribution is 0.0982. The monoisotopic (exact) mass is 257 g/mol. The van der Waals surface area contributed by atoms with Gasteiger partial charge in [-0.25, -0.2) is 0 Å². The van der Waals surface area contributed by atoms with Crippen LogP contribution in [-0.4, -0.2) is 29.7 Å². The summed E-state index contributed by atoms with van der Waals surface area (Å²) in [5.74, 6) is 0.171. The van der Waals surface area contributed by atoms with Crippen LogP contribution in [0.25, 0.3) is 0 Å². The zero-order chi connectivity index (χ0) is 13.8. The number of anilines is 1. The molecule has 0 radical (unpaired) electrons. The molecule has 4 nitrogen and oxygen atoms in total. The molecule has 100 valence electrons. The minimum absolute atomic E-state index is 0.171. The third-order valence-corrected chi connectivity index (χ3v) is 3.22. The molecule has 4 heteroatoms. The Bertz CT molecular complexity index is 572. The summed E-state index contributed by atoms with van der Waals surface area (Å²) in [6.07, 6.45) is 2.99. The van der Waals surface area contributed by atoms with E-state index < -0.39 is 0 Å². The summed E-state index contributed by atoms with van der Waals surface area (Å²) in [6, 6.07) is 9.68. The second-order valence-corrected chi connectivity index (χ2v) is 4.81. The van der Waals surface area contributed by atoms with E-state index >= 15 is 0 Å². The number of benzene rings is 1. The van der Waals surface area contributed by atoms with Crippen molar-refractivity contribution in [1.82, 2.24) is 9.78 Å². The van der Waals surface area contributed by atoms with Crippen molar-refractivity contribution in [2.24, 2.45) is 7.05 Å². The first-order valence-corrected chi connectivity index (χ1v) is 6.35. The van der Waals surface area contributed by atoms with Gasteiger partial charge in [-0.15, -0.1) is 0 Å². The molecule has 0 unspecified atom stereocenters. The van der Waals surface area contributed by atoms with Gasteiger partial charge in [0.25, 0.3) is 0 Å². The van der Waals surface area contributed by atoms with Crippen LogP contribution in [0.4, 0.5) is 5.69 Å². The number of hydrogen-bond donors (Lipinski definition) is 0. The lowest BCUT2D eigenvalue weighted by Gasteiger charge is -2.13. The maximum absolute atomic E-state index is 12.2. The van der Waals surface area contributed by atoms with Crippen LogP contribution in [0.15, 0.2) is 36.5 Å². The van der Waals surface area contributed by atoms with Gasteiger partial charge in [-0.2, -0.15) is 5.10 Å². The zero-order valence-electron chi connectivity index (χ0n) is 11.6. The Balaban J connectivity index is 2.04. The van der Waals surface area contributed by atoms with Crippen molar-refractivity contribution >= 4 is 11.5 Å². The SMILES string of the molecule is CN(C)c1cccc(C(=O)CCc2ccnn2C)c1. The number of aromatic nitrogens is 2. The van der Waals surface area contributed by atoms with E-state index in [1.54, 1.807) is 6.20 Å². The minimum atomic E-state index is 0.171. The van der Waals surface area contributed by atoms with Crippen molar-refractivity contribution in [3.8, 4) is 0 Å². The molecule has 0 saturated carbocycles. The molecule has 0 aliphatic carbocycles. The Morgan fingerprint density at radius 2 is 2.11 bits per heavy atom. The predicted molar refractivity (Wildman–Crippen MR) is 76.6 cm³/mol. The molecule has 0 spiro atoms. The van der Waals surface area contributed by atoms with E-state index in [0.717, 1.165) is 23.4 Å². The maximum atomic E-state index is 12.2. The molecule has 0 atom stereocenters. The summed E-state index contributed by atoms with van der Waals surface area (Å²) in [7, 11) is 5.84. The second kappa shape index (κ2) is 5.69. The number of nitrogens with zero attached hydrogens (tertiary/aromatic N) is 3. The molecule has 2 rings (SSSR count). The van der Waals surface area contributed by atoms with Crippen molar-refractivity contribution < 1.29 is 4.79 Å². The molecule has 2 aromatic rings. The molecule has 0 amide bonds. The molecular weight excluding hydrogens is 238 g/mol. The second-order valence-electron chi connectivity index (χ2n) is 4.81. The van der Waals surface area contributed by atoms with Gasteiger partial charge >= 0.3 is 0 Å². The topological polar surface area (TPSA) is 38.1 Å². The fraction of sp³-hybridized carbons (Fsp3) is 0.333. The molecular formula is C15H19N3O. The Kier molecular flexibility index (Phi) is 4.00. The fourth-order valence-corrected chi connectivity index (χ4v) is 1.99. The summed E-state index contributed by atoms with van der Waals surface area (Å²) in [4.78, 5) is 14.2. The van der Waals surface area contributed by atoms with Crippen LogP contribution in [0, 0.1) is 0 Å². The Hall–Kier alpha value is -2.10. The van der Waals surface area contributed by atoms with Gasteiger partial charge in [-0.1, -0.05) is 12.1 Å². The van der Waals surface area contributed by atoms with Crippen LogP contribution in [0.5, 0.6) is 0 Å². The number of carbonyl (C=O) groups is 1. The third kappa shape index (κ3) is 3.22. The number of carbonyl (C=O) groups excluding carboxylic acids is 1. The van der Waals surface area contributed by atoms with E-state index in [4.69, 9.17) is 0 Å². The van der Waals surface area contributed by atoms with Crippen molar-refractivity contribution in [2.45, 2.75) is 12.8 Å². The molecule has 1 aromatic carbocycles. The minimum Gasteiger partial charge on any atom is -0.378 e. The van der Waals surface area contributed by atoms with Crippen molar-refractivity contribution in [1.29, 1.82) is 0 Å². The van der Waals surface area contributed by atoms with Gasteiger partial charge < -0.3 is 4.90 Å². The summed E-state index contributed by atoms with van der Waals surface area (Å²) in [5, 5.41) is 4.10. The van der Waals surface area contributed by atoms with E-state index in [2.05, 4.69) is 5.10 Å². The number of aryl methyl sites for hydroxylation is 2. The highest BCUT2D eigenvalue weighted by atomic mass is 16.1. The van der Waals surface area contributed by atoms with Crippen LogP contribution in [0.2, 0.25) is 0 Å². The zero-order valence-corrected chi connectivity index (χ0v) is 11.6. The van der Waals surface area contributed by atoms with E-state index in [1.807, 2.05) is 61.1 Å². The molecule has 0 bridgehead atoms. The predicted octanol–water partition coefficient (Wildman–Crippen LogP) is 2.30. The molecule has 1 heterocycles. The van der Waals surface area contributed by atoms with Gasteiger partial charge in [0.15, 0.2) is 5.78 Å². The smallest absolute Gasteiger partial charge is 0.163 e. The van der Waals surface area contributed by atoms with Crippen LogP contribution >= 0.6 is 0 Å². The summed E-state index contributed by atoms with van der Waals surface area (Å²) in [6.45, 7) is 0. The van der Waals surface area contributed by atoms with Gasteiger partial charge in [0.05, 0.1) is 0 Å². The van der Waals surface area contributed by atoms with E-state index in [9.17, 15) is 4.79 Å². The van der Waals surface area contributed by atoms with Crippen LogP contribution < -0.4 is 4.90 Å². The molecule has 19 heavy (non-hydrogen) atoms. The number of Topliss-reactive ketones (excluding diaryl/α,β-unsaturated/α-hetero) is 1. The molecule has 1 aromatic heterocycles. The molecule has 0 fully saturated rings. The van der Waals surface area contributed by atoms with Crippen LogP contribution in [-0.2, 0) is 13.5 Å². The maximum Gasteiger partial charge on any atom is 0.163 e. The highest BCUT2D eigenvalue weighted by Crippen LogP contribution is 2.15. The van der Waals surface area contributed by atoms with E-state index in [0.29, 0.717) is 6.42 Å². The first kappa shape index (κ1) is 13.3. The van der Waals surface area contributed by atoms with Gasteiger partial charge in [-0.05, 0) is 24.6 Å². The van der Waals surface area contributed by atoms with Crippen LogP contribution in [0.1, 0.15) is 22.5 Å². The van der Waals surface area contributed by atoms with Crippen molar-refractivity contribution in [2.75, 3.05) is 19.0 Å². The van der Waals surface area contributed by atoms with Gasteiger partial charge in [-0.3, -0.25) is 9.48 Å². The lowest BCUT2D eigenvalue weighted by atomic mass is 10.0. The number of rotatable bonds is 5. The highest BCUT2D eigenvalue weighted by Gasteiger charge is 2.09. The first-order chi connectivity index (χ1) is 9.08. The summed E-state index contributed by atoms with van der Waals surface area (Å²) < 4.78 is 1.81. The largest absolute Gasteiger partial charge is 0.378 e. The average molecular weight is 257 g/mol. The Labute approximate surface area is 113 Å². The fourth-order valence-electron chi connectivity index (χ4n) is 1.99. The third-order valence-electron chi connectivity index (χ3n) is 3.22. The standard InChI is InChI=1S/C15H19N3O/c1-17(2)14-6-4-5-12(11-14)15(19)8-7-13-9-10-16-18(13)3/h4-6,9-11H,7-8H2,1-3H3. The van der Waals surface area contributed by atoms with Crippen molar-refractivity contribution in [3.63, 3.8) is 0 Å². The highest BCUT2D eigenvalue weighted by molar-refractivity contribution is 5.97. The van der Waals surface area contributed by atoms with Gasteiger partial charge in [0, 0.05) is 50.7 Å². The summed E-state index contributed by atoms with van der Waals surface area (Å²) in [5.41, 5.74) is 2.90.